The number of aromatic nitrogens is 6. The predicted octanol–water partition coefficient (Wildman–Crippen LogP) is 18.9. The molecule has 10 nitrogen and oxygen atoms in total. The molecule has 2 aliphatic rings. The summed E-state index contributed by atoms with van der Waals surface area (Å²) in [5.41, 5.74) is 22.9. The molecule has 0 saturated heterocycles. The number of carbonyl (C=O) groups excluding carboxylic acids is 1. The normalized spacial score (nSPS) is 12.1. The summed E-state index contributed by atoms with van der Waals surface area (Å²) in [5.74, 6) is 1.64. The summed E-state index contributed by atoms with van der Waals surface area (Å²) in [6.07, 6.45) is 0. The number of carbonyl (C=O) groups is 1. The fraction of sp³-hybridized carbons (Fsp3) is 0.0115. The van der Waals surface area contributed by atoms with Gasteiger partial charge in [0.25, 0.3) is 6.71 Å². The lowest BCUT2D eigenvalue weighted by molar-refractivity contribution is 0.0473. The van der Waals surface area contributed by atoms with E-state index in [-0.39, 0.29) is 13.3 Å². The Balaban J connectivity index is 0.846. The van der Waals surface area contributed by atoms with Crippen LogP contribution in [0, 0.1) is 0 Å². The molecule has 0 unspecified atom stereocenters. The molecule has 3 aromatic heterocycles. The van der Waals surface area contributed by atoms with Gasteiger partial charge >= 0.3 is 5.97 Å². The third kappa shape index (κ3) is 10.2. The Morgan fingerprint density at radius 1 is 0.327 bits per heavy atom. The van der Waals surface area contributed by atoms with Gasteiger partial charge in [0.1, 0.15) is 6.61 Å². The molecule has 13 aromatic carbocycles. The SMILES string of the molecule is O=C(OCc1ccccc1)c1ccc2c(c1)c1ccccc1n2-c1ccc(-c2cc(-c3ccccc3)nc(-c3ccccc3)n2)cc1-c1nc(-c2ccccc2)nc(-c2cccc(-c3cc4c5c(c3)N(c3ccccc3)c3ccccc3B5c3ccccc3N4c3ccccc3)c2)n1. The number of rotatable bonds is 13. The lowest BCUT2D eigenvalue weighted by Crippen LogP contribution is -2.61. The van der Waals surface area contributed by atoms with E-state index in [1.165, 1.54) is 16.4 Å². The van der Waals surface area contributed by atoms with Gasteiger partial charge in [0.2, 0.25) is 0 Å². The van der Waals surface area contributed by atoms with Crippen LogP contribution in [0.25, 0.3) is 107 Å². The maximum absolute atomic E-state index is 14.0. The monoisotopic (exact) mass is 1260 g/mol. The first kappa shape index (κ1) is 57.5. The summed E-state index contributed by atoms with van der Waals surface area (Å²) >= 11 is 0. The molecule has 460 valence electrons. The fourth-order valence-electron chi connectivity index (χ4n) is 14.3. The zero-order valence-electron chi connectivity index (χ0n) is 52.9. The summed E-state index contributed by atoms with van der Waals surface area (Å²) in [4.78, 5) is 45.9. The van der Waals surface area contributed by atoms with Gasteiger partial charge in [-0.15, -0.1) is 0 Å². The Bertz CT molecular complexity index is 5570. The van der Waals surface area contributed by atoms with Gasteiger partial charge in [0, 0.05) is 78.3 Å². The molecule has 0 fully saturated rings. The molecule has 16 aromatic rings. The molecule has 0 aliphatic carbocycles. The molecule has 0 saturated carbocycles. The molecule has 18 rings (SSSR count). The molecule has 0 bridgehead atoms. The third-order valence-electron chi connectivity index (χ3n) is 18.8. The molecule has 0 radical (unpaired) electrons. The van der Waals surface area contributed by atoms with E-state index in [4.69, 9.17) is 29.7 Å². The summed E-state index contributed by atoms with van der Waals surface area (Å²) in [7, 11) is 0. The predicted molar refractivity (Wildman–Crippen MR) is 397 cm³/mol. The van der Waals surface area contributed by atoms with Crippen LogP contribution in [0.2, 0.25) is 0 Å². The number of esters is 1. The molecular weight excluding hydrogens is 1200 g/mol. The molecule has 5 heterocycles. The van der Waals surface area contributed by atoms with Crippen molar-refractivity contribution >= 4 is 85.0 Å². The highest BCUT2D eigenvalue weighted by atomic mass is 16.5. The molecule has 0 N–H and O–H groups in total. The Morgan fingerprint density at radius 3 is 1.45 bits per heavy atom. The van der Waals surface area contributed by atoms with Crippen molar-refractivity contribution < 1.29 is 9.53 Å². The highest BCUT2D eigenvalue weighted by Gasteiger charge is 2.43. The highest BCUT2D eigenvalue weighted by molar-refractivity contribution is 7.00. The van der Waals surface area contributed by atoms with Crippen LogP contribution in [-0.4, -0.2) is 42.2 Å². The van der Waals surface area contributed by atoms with Gasteiger partial charge in [-0.1, -0.05) is 237 Å². The molecule has 98 heavy (non-hydrogen) atoms. The number of nitrogens with zero attached hydrogens (tertiary/aromatic N) is 8. The second-order valence-corrected chi connectivity index (χ2v) is 24.6. The Kier molecular flexibility index (Phi) is 14.3. The van der Waals surface area contributed by atoms with Crippen molar-refractivity contribution in [1.29, 1.82) is 0 Å². The van der Waals surface area contributed by atoms with E-state index in [0.717, 1.165) is 123 Å². The molecule has 0 atom stereocenters. The Hall–Kier alpha value is -13.1. The van der Waals surface area contributed by atoms with Crippen molar-refractivity contribution in [3.05, 3.63) is 345 Å². The van der Waals surface area contributed by atoms with Crippen LogP contribution >= 0.6 is 0 Å². The number of fused-ring (bicyclic) bond motifs is 7. The summed E-state index contributed by atoms with van der Waals surface area (Å²) in [6.45, 7) is 0.127. The second kappa shape index (κ2) is 24.3. The Morgan fingerprint density at radius 2 is 0.816 bits per heavy atom. The van der Waals surface area contributed by atoms with Gasteiger partial charge in [-0.3, -0.25) is 0 Å². The van der Waals surface area contributed by atoms with Crippen LogP contribution in [-0.2, 0) is 11.3 Å². The van der Waals surface area contributed by atoms with Gasteiger partial charge in [-0.25, -0.2) is 29.7 Å². The number of ether oxygens (including phenoxy) is 1. The van der Waals surface area contributed by atoms with E-state index >= 15 is 0 Å². The van der Waals surface area contributed by atoms with E-state index in [2.05, 4.69) is 208 Å². The van der Waals surface area contributed by atoms with Crippen molar-refractivity contribution in [2.24, 2.45) is 0 Å². The minimum Gasteiger partial charge on any atom is -0.457 e. The van der Waals surface area contributed by atoms with Crippen molar-refractivity contribution in [1.82, 2.24) is 29.5 Å². The minimum atomic E-state index is -0.405. The van der Waals surface area contributed by atoms with Crippen LogP contribution in [0.4, 0.5) is 34.1 Å². The average molecular weight is 1260 g/mol. The zero-order chi connectivity index (χ0) is 65.0. The fourth-order valence-corrected chi connectivity index (χ4v) is 14.3. The largest absolute Gasteiger partial charge is 0.457 e. The van der Waals surface area contributed by atoms with E-state index in [0.29, 0.717) is 28.9 Å². The van der Waals surface area contributed by atoms with E-state index < -0.39 is 5.97 Å². The number of para-hydroxylation sites is 5. The van der Waals surface area contributed by atoms with Crippen LogP contribution in [0.5, 0.6) is 0 Å². The summed E-state index contributed by atoms with van der Waals surface area (Å²) < 4.78 is 8.17. The molecular formula is C87H57BN8O2. The lowest BCUT2D eigenvalue weighted by atomic mass is 9.33. The summed E-state index contributed by atoms with van der Waals surface area (Å²) in [6, 6.07) is 115. The number of benzene rings is 13. The zero-order valence-corrected chi connectivity index (χ0v) is 52.9. The quantitative estimate of drug-likeness (QED) is 0.0825. The van der Waals surface area contributed by atoms with Crippen LogP contribution < -0.4 is 26.2 Å². The standard InChI is InChI=1S/C87H57BN8O2/c97-87(98-56-57-26-7-1-8-27-57)64-47-49-76-69(52-64)68-40-19-22-43-75(68)96(76)77-48-46-62(74-55-73(58-28-9-2-10-29-58)89-83(90-74)59-30-11-3-12-31-59)51-70(77)86-92-84(60-32-13-4-14-33-60)91-85(93-86)63-35-25-34-61(50-63)65-53-80-82-81(54-65)95(67-38-17-6-18-39-67)79-45-24-21-42-72(79)88(82)71-41-20-23-44-78(71)94(80)66-36-15-5-16-37-66/h1-55H,56H2. The molecule has 11 heteroatoms. The van der Waals surface area contributed by atoms with E-state index in [1.807, 2.05) is 140 Å². The van der Waals surface area contributed by atoms with Crippen molar-refractivity contribution in [3.63, 3.8) is 0 Å². The average Bonchev–Trinajstić information content (AvgIpc) is 0.879. The van der Waals surface area contributed by atoms with Crippen molar-refractivity contribution in [3.8, 4) is 84.9 Å². The van der Waals surface area contributed by atoms with E-state index in [1.54, 1.807) is 0 Å². The number of hydrogen-bond acceptors (Lipinski definition) is 9. The highest BCUT2D eigenvalue weighted by Crippen LogP contribution is 2.47. The first-order valence-corrected chi connectivity index (χ1v) is 32.9. The topological polar surface area (TPSA) is 102 Å². The first-order valence-electron chi connectivity index (χ1n) is 32.9. The summed E-state index contributed by atoms with van der Waals surface area (Å²) in [5, 5.41) is 1.85. The lowest BCUT2D eigenvalue weighted by Gasteiger charge is -2.44. The van der Waals surface area contributed by atoms with E-state index in [9.17, 15) is 4.79 Å². The number of anilines is 6. The van der Waals surface area contributed by atoms with Crippen LogP contribution in [0.15, 0.2) is 334 Å². The first-order chi connectivity index (χ1) is 48.5. The van der Waals surface area contributed by atoms with Gasteiger partial charge in [0.05, 0.1) is 33.7 Å². The number of hydrogen-bond donors (Lipinski definition) is 0. The van der Waals surface area contributed by atoms with Crippen molar-refractivity contribution in [2.45, 2.75) is 6.61 Å². The second-order valence-electron chi connectivity index (χ2n) is 24.6. The van der Waals surface area contributed by atoms with Crippen LogP contribution in [0.3, 0.4) is 0 Å². The molecule has 0 amide bonds. The van der Waals surface area contributed by atoms with Gasteiger partial charge in [0.15, 0.2) is 23.3 Å². The smallest absolute Gasteiger partial charge is 0.338 e. The molecule has 0 spiro atoms. The van der Waals surface area contributed by atoms with Gasteiger partial charge < -0.3 is 19.1 Å². The maximum Gasteiger partial charge on any atom is 0.338 e. The Labute approximate surface area is 566 Å². The van der Waals surface area contributed by atoms with Gasteiger partial charge in [-0.2, -0.15) is 0 Å². The van der Waals surface area contributed by atoms with Gasteiger partial charge in [-0.05, 0) is 130 Å². The maximum atomic E-state index is 14.0. The minimum absolute atomic E-state index is 0.0312. The van der Waals surface area contributed by atoms with Crippen molar-refractivity contribution in [2.75, 3.05) is 9.80 Å². The van der Waals surface area contributed by atoms with Crippen LogP contribution in [0.1, 0.15) is 15.9 Å². The molecule has 2 aliphatic heterocycles. The third-order valence-corrected chi connectivity index (χ3v) is 18.8.